The Morgan fingerprint density at radius 3 is 2.63 bits per heavy atom. The normalized spacial score (nSPS) is 30.0. The molecule has 8 nitrogen and oxygen atoms in total. The zero-order chi connectivity index (χ0) is 18.6. The first-order chi connectivity index (χ1) is 13.2. The van der Waals surface area contributed by atoms with Crippen molar-refractivity contribution < 1.29 is 9.53 Å². The van der Waals surface area contributed by atoms with Gasteiger partial charge in [0.25, 0.3) is 0 Å². The molecule has 1 aromatic rings. The van der Waals surface area contributed by atoms with E-state index in [1.807, 2.05) is 4.90 Å². The summed E-state index contributed by atoms with van der Waals surface area (Å²) < 4.78 is 5.73. The molecule has 1 aliphatic heterocycles. The molecule has 3 atom stereocenters. The molecule has 0 bridgehead atoms. The third-order valence-electron chi connectivity index (χ3n) is 6.54. The maximum absolute atomic E-state index is 13.1. The predicted molar refractivity (Wildman–Crippen MR) is 102 cm³/mol. The number of piperazine rings is 1. The minimum absolute atomic E-state index is 0.118. The maximum Gasteiger partial charge on any atom is 0.225 e. The number of aromatic nitrogens is 3. The van der Waals surface area contributed by atoms with Gasteiger partial charge < -0.3 is 19.9 Å². The number of carbonyl (C=O) groups is 1. The van der Waals surface area contributed by atoms with Crippen molar-refractivity contribution in [3.8, 4) is 0 Å². The van der Waals surface area contributed by atoms with E-state index < -0.39 is 0 Å². The molecule has 3 fully saturated rings. The molecule has 4 rings (SSSR count). The van der Waals surface area contributed by atoms with Gasteiger partial charge in [0.05, 0.1) is 6.10 Å². The Hall–Kier alpha value is -1.67. The highest BCUT2D eigenvalue weighted by atomic mass is 16.5. The number of ether oxygens (including phenoxy) is 1. The lowest BCUT2D eigenvalue weighted by molar-refractivity contribution is -0.138. The smallest absolute Gasteiger partial charge is 0.225 e. The molecule has 1 amide bonds. The molecule has 150 valence electrons. The summed E-state index contributed by atoms with van der Waals surface area (Å²) in [6.07, 6.45) is 9.72. The van der Waals surface area contributed by atoms with Crippen molar-refractivity contribution in [2.24, 2.45) is 5.92 Å². The van der Waals surface area contributed by atoms with E-state index in [1.54, 1.807) is 7.11 Å². The van der Waals surface area contributed by atoms with Crippen LogP contribution in [0.2, 0.25) is 0 Å². The molecule has 0 radical (unpaired) electrons. The molecule has 0 aromatic carbocycles. The number of methoxy groups -OCH3 is 1. The van der Waals surface area contributed by atoms with Crippen LogP contribution >= 0.6 is 0 Å². The molecule has 2 N–H and O–H groups in total. The van der Waals surface area contributed by atoms with Crippen LogP contribution in [0.25, 0.3) is 0 Å². The van der Waals surface area contributed by atoms with Gasteiger partial charge in [-0.2, -0.15) is 10.1 Å². The number of amides is 1. The van der Waals surface area contributed by atoms with Gasteiger partial charge in [-0.15, -0.1) is 0 Å². The van der Waals surface area contributed by atoms with E-state index in [4.69, 9.17) is 4.74 Å². The lowest BCUT2D eigenvalue weighted by atomic mass is 9.82. The van der Waals surface area contributed by atoms with Crippen LogP contribution in [0.15, 0.2) is 6.33 Å². The first-order valence-electron chi connectivity index (χ1n) is 10.4. The summed E-state index contributed by atoms with van der Waals surface area (Å²) in [5, 5.41) is 10.6. The van der Waals surface area contributed by atoms with Crippen LogP contribution in [0.5, 0.6) is 0 Å². The average molecular weight is 377 g/mol. The molecule has 1 saturated heterocycles. The van der Waals surface area contributed by atoms with Crippen molar-refractivity contribution in [3.63, 3.8) is 0 Å². The minimum Gasteiger partial charge on any atom is -0.380 e. The Labute approximate surface area is 161 Å². The summed E-state index contributed by atoms with van der Waals surface area (Å²) in [5.74, 6) is 1.23. The van der Waals surface area contributed by atoms with Crippen LogP contribution in [-0.4, -0.2) is 77.5 Å². The number of nitrogens with one attached hydrogen (secondary N) is 2. The van der Waals surface area contributed by atoms with E-state index >= 15 is 0 Å². The molecule has 2 heterocycles. The van der Waals surface area contributed by atoms with Gasteiger partial charge in [-0.1, -0.05) is 12.8 Å². The summed E-state index contributed by atoms with van der Waals surface area (Å²) in [5.41, 5.74) is 0. The summed E-state index contributed by atoms with van der Waals surface area (Å²) in [6, 6.07) is 0.906. The summed E-state index contributed by atoms with van der Waals surface area (Å²) >= 11 is 0. The van der Waals surface area contributed by atoms with E-state index in [1.165, 1.54) is 32.0 Å². The van der Waals surface area contributed by atoms with Crippen molar-refractivity contribution in [2.75, 3.05) is 38.2 Å². The van der Waals surface area contributed by atoms with Crippen molar-refractivity contribution >= 4 is 11.9 Å². The van der Waals surface area contributed by atoms with Crippen LogP contribution < -0.4 is 10.2 Å². The molecule has 8 heteroatoms. The number of rotatable bonds is 5. The largest absolute Gasteiger partial charge is 0.380 e. The third kappa shape index (κ3) is 4.27. The number of H-pyrrole nitrogens is 1. The van der Waals surface area contributed by atoms with Crippen LogP contribution in [0.4, 0.5) is 5.95 Å². The van der Waals surface area contributed by atoms with Gasteiger partial charge in [0.1, 0.15) is 6.33 Å². The fraction of sp³-hybridized carbons (Fsp3) is 0.842. The first kappa shape index (κ1) is 18.7. The zero-order valence-electron chi connectivity index (χ0n) is 16.3. The van der Waals surface area contributed by atoms with Crippen molar-refractivity contribution in [3.05, 3.63) is 6.33 Å². The number of carbonyl (C=O) groups excluding carboxylic acids is 1. The summed E-state index contributed by atoms with van der Waals surface area (Å²) in [6.45, 7) is 3.12. The molecule has 27 heavy (non-hydrogen) atoms. The second-order valence-corrected chi connectivity index (χ2v) is 8.16. The highest BCUT2D eigenvalue weighted by Gasteiger charge is 2.37. The SMILES string of the molecule is CO[C@@H]1CC[C@H](C(=O)N2CCN(c3ncn[nH]3)CC2)C[C@H]1NC1CCCC1. The Morgan fingerprint density at radius 2 is 1.96 bits per heavy atom. The average Bonchev–Trinajstić information content (AvgIpc) is 3.42. The Morgan fingerprint density at radius 1 is 1.19 bits per heavy atom. The second-order valence-electron chi connectivity index (χ2n) is 8.16. The Bertz CT molecular complexity index is 595. The van der Waals surface area contributed by atoms with E-state index in [0.717, 1.165) is 51.4 Å². The van der Waals surface area contributed by atoms with Gasteiger partial charge in [-0.3, -0.25) is 4.79 Å². The van der Waals surface area contributed by atoms with Crippen LogP contribution in [0.1, 0.15) is 44.9 Å². The number of aromatic amines is 1. The Kier molecular flexibility index (Phi) is 5.92. The van der Waals surface area contributed by atoms with Gasteiger partial charge in [0.15, 0.2) is 0 Å². The predicted octanol–water partition coefficient (Wildman–Crippen LogP) is 1.17. The van der Waals surface area contributed by atoms with Crippen molar-refractivity contribution in [1.29, 1.82) is 0 Å². The fourth-order valence-electron chi connectivity index (χ4n) is 4.97. The van der Waals surface area contributed by atoms with E-state index in [9.17, 15) is 4.79 Å². The first-order valence-corrected chi connectivity index (χ1v) is 10.4. The Balaban J connectivity index is 1.31. The lowest BCUT2D eigenvalue weighted by Gasteiger charge is -2.40. The standard InChI is InChI=1S/C19H32N6O2/c1-27-17-7-6-14(12-16(17)22-15-4-2-3-5-15)18(26)24-8-10-25(11-9-24)19-20-13-21-23-19/h13-17,22H,2-12H2,1H3,(H,20,21,23)/t14-,16+,17+/m0/s1. The molecule has 0 unspecified atom stereocenters. The second kappa shape index (κ2) is 8.56. The minimum atomic E-state index is 0.118. The van der Waals surface area contributed by atoms with Gasteiger partial charge in [-0.05, 0) is 32.1 Å². The van der Waals surface area contributed by atoms with E-state index in [2.05, 4.69) is 25.4 Å². The number of nitrogens with zero attached hydrogens (tertiary/aromatic N) is 4. The molecule has 1 aromatic heterocycles. The molecular formula is C19H32N6O2. The number of anilines is 1. The van der Waals surface area contributed by atoms with Crippen molar-refractivity contribution in [2.45, 2.75) is 63.1 Å². The highest BCUT2D eigenvalue weighted by molar-refractivity contribution is 5.79. The number of hydrogen-bond donors (Lipinski definition) is 2. The van der Waals surface area contributed by atoms with Gasteiger partial charge >= 0.3 is 0 Å². The topological polar surface area (TPSA) is 86.4 Å². The lowest BCUT2D eigenvalue weighted by Crippen LogP contribution is -2.54. The number of hydrogen-bond acceptors (Lipinski definition) is 6. The van der Waals surface area contributed by atoms with E-state index in [-0.39, 0.29) is 12.0 Å². The quantitative estimate of drug-likeness (QED) is 0.802. The van der Waals surface area contributed by atoms with Crippen LogP contribution in [-0.2, 0) is 9.53 Å². The molecule has 0 spiro atoms. The van der Waals surface area contributed by atoms with Gasteiger partial charge in [0, 0.05) is 51.3 Å². The van der Waals surface area contributed by atoms with Gasteiger partial charge in [-0.25, -0.2) is 5.10 Å². The summed E-state index contributed by atoms with van der Waals surface area (Å²) in [4.78, 5) is 21.5. The third-order valence-corrected chi connectivity index (χ3v) is 6.54. The maximum atomic E-state index is 13.1. The van der Waals surface area contributed by atoms with Gasteiger partial charge in [0.2, 0.25) is 11.9 Å². The molecular weight excluding hydrogens is 344 g/mol. The highest BCUT2D eigenvalue weighted by Crippen LogP contribution is 2.30. The molecule has 2 aliphatic carbocycles. The molecule has 2 saturated carbocycles. The van der Waals surface area contributed by atoms with E-state index in [0.29, 0.717) is 18.0 Å². The van der Waals surface area contributed by atoms with Crippen LogP contribution in [0.3, 0.4) is 0 Å². The monoisotopic (exact) mass is 376 g/mol. The molecule has 3 aliphatic rings. The fourth-order valence-corrected chi connectivity index (χ4v) is 4.97. The van der Waals surface area contributed by atoms with Crippen LogP contribution in [0, 0.1) is 5.92 Å². The summed E-state index contributed by atoms with van der Waals surface area (Å²) in [7, 11) is 1.80. The zero-order valence-corrected chi connectivity index (χ0v) is 16.3. The van der Waals surface area contributed by atoms with Crippen molar-refractivity contribution in [1.82, 2.24) is 25.4 Å².